The molecule has 5 atom stereocenters. The van der Waals surface area contributed by atoms with E-state index in [4.69, 9.17) is 10.2 Å². The Morgan fingerprint density at radius 3 is 1.79 bits per heavy atom. The van der Waals surface area contributed by atoms with Crippen molar-refractivity contribution >= 4 is 0 Å². The van der Waals surface area contributed by atoms with Crippen LogP contribution in [0.15, 0.2) is 30.3 Å². The average molecular weight is 272 g/mol. The van der Waals surface area contributed by atoms with Crippen molar-refractivity contribution in [3.8, 4) is 0 Å². The molecule has 108 valence electrons. The zero-order valence-electron chi connectivity index (χ0n) is 10.4. The quantitative estimate of drug-likeness (QED) is 0.342. The lowest BCUT2D eigenvalue weighted by molar-refractivity contribution is -0.139. The van der Waals surface area contributed by atoms with Crippen molar-refractivity contribution in [3.05, 3.63) is 35.9 Å². The normalized spacial score (nSPS) is 19.5. The Morgan fingerprint density at radius 1 is 0.737 bits per heavy atom. The maximum absolute atomic E-state index is 9.78. The first-order chi connectivity index (χ1) is 8.97. The Balaban J connectivity index is 2.58. The Morgan fingerprint density at radius 2 is 1.26 bits per heavy atom. The molecule has 0 aromatic heterocycles. The van der Waals surface area contributed by atoms with Crippen LogP contribution in [-0.2, 0) is 6.42 Å². The molecule has 6 nitrogen and oxygen atoms in total. The number of aliphatic hydroxyl groups excluding tert-OH is 6. The molecule has 0 saturated heterocycles. The highest BCUT2D eigenvalue weighted by molar-refractivity contribution is 5.15. The summed E-state index contributed by atoms with van der Waals surface area (Å²) in [7, 11) is 0. The first-order valence-corrected chi connectivity index (χ1v) is 6.02. The second kappa shape index (κ2) is 7.54. The van der Waals surface area contributed by atoms with Gasteiger partial charge in [0.05, 0.1) is 12.7 Å². The van der Waals surface area contributed by atoms with Gasteiger partial charge < -0.3 is 30.6 Å². The number of hydrogen-bond acceptors (Lipinski definition) is 6. The molecule has 1 unspecified atom stereocenters. The van der Waals surface area contributed by atoms with Crippen molar-refractivity contribution in [2.45, 2.75) is 36.9 Å². The van der Waals surface area contributed by atoms with E-state index >= 15 is 0 Å². The van der Waals surface area contributed by atoms with Crippen molar-refractivity contribution in [2.75, 3.05) is 6.61 Å². The van der Waals surface area contributed by atoms with E-state index in [9.17, 15) is 20.4 Å². The van der Waals surface area contributed by atoms with Crippen LogP contribution in [0.3, 0.4) is 0 Å². The molecule has 19 heavy (non-hydrogen) atoms. The van der Waals surface area contributed by atoms with Gasteiger partial charge in [-0.25, -0.2) is 0 Å². The third-order valence-corrected chi connectivity index (χ3v) is 2.96. The summed E-state index contributed by atoms with van der Waals surface area (Å²) in [5.74, 6) is 0. The van der Waals surface area contributed by atoms with E-state index in [0.717, 1.165) is 5.56 Å². The highest BCUT2D eigenvalue weighted by Gasteiger charge is 2.33. The number of hydrogen-bond donors (Lipinski definition) is 6. The van der Waals surface area contributed by atoms with Crippen LogP contribution in [-0.4, -0.2) is 67.8 Å². The summed E-state index contributed by atoms with van der Waals surface area (Å²) in [6, 6.07) is 8.86. The molecule has 0 amide bonds. The smallest absolute Gasteiger partial charge is 0.111 e. The molecule has 0 saturated carbocycles. The fourth-order valence-electron chi connectivity index (χ4n) is 1.74. The summed E-state index contributed by atoms with van der Waals surface area (Å²) in [6.07, 6.45) is -7.88. The van der Waals surface area contributed by atoms with Crippen LogP contribution < -0.4 is 0 Å². The minimum Gasteiger partial charge on any atom is -0.394 e. The Labute approximate surface area is 111 Å². The van der Waals surface area contributed by atoms with E-state index in [1.807, 2.05) is 6.07 Å². The molecule has 6 heteroatoms. The third-order valence-electron chi connectivity index (χ3n) is 2.96. The highest BCUT2D eigenvalue weighted by Crippen LogP contribution is 2.12. The molecular formula is C13H20O6. The fraction of sp³-hybridized carbons (Fsp3) is 0.538. The number of aliphatic hydroxyl groups is 6. The van der Waals surface area contributed by atoms with Crippen molar-refractivity contribution in [1.29, 1.82) is 0 Å². The zero-order chi connectivity index (χ0) is 14.4. The monoisotopic (exact) mass is 272 g/mol. The van der Waals surface area contributed by atoms with Gasteiger partial charge in [-0.2, -0.15) is 0 Å². The van der Waals surface area contributed by atoms with E-state index in [1.165, 1.54) is 0 Å². The van der Waals surface area contributed by atoms with E-state index in [2.05, 4.69) is 0 Å². The third kappa shape index (κ3) is 4.54. The van der Waals surface area contributed by atoms with Gasteiger partial charge in [-0.1, -0.05) is 30.3 Å². The van der Waals surface area contributed by atoms with Crippen LogP contribution >= 0.6 is 0 Å². The van der Waals surface area contributed by atoms with Crippen molar-refractivity contribution in [2.24, 2.45) is 0 Å². The topological polar surface area (TPSA) is 121 Å². The van der Waals surface area contributed by atoms with Crippen molar-refractivity contribution < 1.29 is 30.6 Å². The van der Waals surface area contributed by atoms with Gasteiger partial charge in [0.25, 0.3) is 0 Å². The van der Waals surface area contributed by atoms with Crippen LogP contribution in [0.5, 0.6) is 0 Å². The van der Waals surface area contributed by atoms with Gasteiger partial charge in [-0.05, 0) is 5.56 Å². The Hall–Kier alpha value is -1.02. The molecule has 1 rings (SSSR count). The van der Waals surface area contributed by atoms with Crippen molar-refractivity contribution in [1.82, 2.24) is 0 Å². The maximum atomic E-state index is 9.78. The molecule has 0 aliphatic rings. The molecule has 0 fully saturated rings. The van der Waals surface area contributed by atoms with Crippen LogP contribution in [0.1, 0.15) is 5.56 Å². The lowest BCUT2D eigenvalue weighted by atomic mass is 9.95. The maximum Gasteiger partial charge on any atom is 0.111 e. The first-order valence-electron chi connectivity index (χ1n) is 6.02. The Kier molecular flexibility index (Phi) is 6.36. The second-order valence-electron chi connectivity index (χ2n) is 4.48. The van der Waals surface area contributed by atoms with Crippen LogP contribution in [0.2, 0.25) is 0 Å². The molecule has 0 aliphatic carbocycles. The van der Waals surface area contributed by atoms with Gasteiger partial charge in [-0.15, -0.1) is 0 Å². The van der Waals surface area contributed by atoms with E-state index in [1.54, 1.807) is 24.3 Å². The molecule has 0 radical (unpaired) electrons. The fourth-order valence-corrected chi connectivity index (χ4v) is 1.74. The van der Waals surface area contributed by atoms with Gasteiger partial charge >= 0.3 is 0 Å². The summed E-state index contributed by atoms with van der Waals surface area (Å²) in [5, 5.41) is 56.3. The van der Waals surface area contributed by atoms with Gasteiger partial charge in [0.1, 0.15) is 24.4 Å². The van der Waals surface area contributed by atoms with Gasteiger partial charge in [-0.3, -0.25) is 0 Å². The highest BCUT2D eigenvalue weighted by atomic mass is 16.4. The molecular weight excluding hydrogens is 252 g/mol. The summed E-state index contributed by atoms with van der Waals surface area (Å²) >= 11 is 0. The predicted octanol–water partition coefficient (Wildman–Crippen LogP) is -1.97. The lowest BCUT2D eigenvalue weighted by Crippen LogP contribution is -2.50. The van der Waals surface area contributed by atoms with Gasteiger partial charge in [0, 0.05) is 6.42 Å². The van der Waals surface area contributed by atoms with Crippen LogP contribution in [0.25, 0.3) is 0 Å². The van der Waals surface area contributed by atoms with Crippen molar-refractivity contribution in [3.63, 3.8) is 0 Å². The molecule has 1 aromatic rings. The number of benzene rings is 1. The second-order valence-corrected chi connectivity index (χ2v) is 4.48. The largest absolute Gasteiger partial charge is 0.394 e. The van der Waals surface area contributed by atoms with E-state index < -0.39 is 37.1 Å². The first kappa shape index (κ1) is 16.0. The molecule has 6 N–H and O–H groups in total. The molecule has 0 heterocycles. The standard InChI is InChI=1S/C13H20O6/c14-7-10(16)12(18)13(19)11(17)9(15)6-8-4-2-1-3-5-8/h1-5,9-19H,6-7H2/t9?,10-,11-,12-,13-/m1/s1. The summed E-state index contributed by atoms with van der Waals surface area (Å²) in [6.45, 7) is -0.750. The SMILES string of the molecule is OC[C@@H](O)[C@@H](O)[C@H](O)[C@H](O)C(O)Cc1ccccc1. The summed E-state index contributed by atoms with van der Waals surface area (Å²) in [5.41, 5.74) is 0.762. The number of rotatable bonds is 7. The predicted molar refractivity (Wildman–Crippen MR) is 67.3 cm³/mol. The molecule has 1 aromatic carbocycles. The molecule has 0 spiro atoms. The van der Waals surface area contributed by atoms with E-state index in [0.29, 0.717) is 0 Å². The summed E-state index contributed by atoms with van der Waals surface area (Å²) in [4.78, 5) is 0. The Bertz CT molecular complexity index is 357. The van der Waals surface area contributed by atoms with Crippen LogP contribution in [0.4, 0.5) is 0 Å². The minimum atomic E-state index is -1.75. The average Bonchev–Trinajstić information content (AvgIpc) is 2.44. The van der Waals surface area contributed by atoms with Crippen LogP contribution in [0, 0.1) is 0 Å². The minimum absolute atomic E-state index is 0.0982. The lowest BCUT2D eigenvalue weighted by Gasteiger charge is -2.28. The van der Waals surface area contributed by atoms with Gasteiger partial charge in [0.2, 0.25) is 0 Å². The zero-order valence-corrected chi connectivity index (χ0v) is 10.4. The summed E-state index contributed by atoms with van der Waals surface area (Å²) < 4.78 is 0. The van der Waals surface area contributed by atoms with E-state index in [-0.39, 0.29) is 6.42 Å². The molecule has 0 aliphatic heterocycles. The molecule has 0 bridgehead atoms. The van der Waals surface area contributed by atoms with Gasteiger partial charge in [0.15, 0.2) is 0 Å².